The third-order valence-electron chi connectivity index (χ3n) is 7.36. The molecule has 7 heteroatoms. The Balaban J connectivity index is 1.53. The summed E-state index contributed by atoms with van der Waals surface area (Å²) in [6.45, 7) is 3.39. The van der Waals surface area contributed by atoms with E-state index in [1.54, 1.807) is 13.2 Å². The van der Waals surface area contributed by atoms with Crippen LogP contribution in [0.1, 0.15) is 46.4 Å². The minimum atomic E-state index is -0.430. The Morgan fingerprint density at radius 3 is 2.81 bits per heavy atom. The molecule has 0 fully saturated rings. The second-order valence-corrected chi connectivity index (χ2v) is 9.64. The summed E-state index contributed by atoms with van der Waals surface area (Å²) in [5.74, 6) is 0.255. The van der Waals surface area contributed by atoms with Gasteiger partial charge in [-0.2, -0.15) is 0 Å². The lowest BCUT2D eigenvalue weighted by atomic mass is 9.77. The van der Waals surface area contributed by atoms with Gasteiger partial charge in [0.25, 0.3) is 0 Å². The normalized spacial score (nSPS) is 21.8. The van der Waals surface area contributed by atoms with Crippen LogP contribution in [0.3, 0.4) is 0 Å². The number of ether oxygens (including phenoxy) is 1. The highest BCUT2D eigenvalue weighted by atomic mass is 16.5. The monoisotopic (exact) mass is 488 g/mol. The van der Waals surface area contributed by atoms with Gasteiger partial charge in [-0.25, -0.2) is 0 Å². The highest BCUT2D eigenvalue weighted by Gasteiger charge is 2.33. The van der Waals surface area contributed by atoms with Crippen LogP contribution in [0, 0.1) is 17.8 Å². The fraction of sp³-hybridized carbons (Fsp3) is 0.379. The first-order valence-electron chi connectivity index (χ1n) is 12.6. The van der Waals surface area contributed by atoms with E-state index in [-0.39, 0.29) is 29.7 Å². The van der Waals surface area contributed by atoms with Crippen molar-refractivity contribution in [3.05, 3.63) is 88.7 Å². The van der Waals surface area contributed by atoms with Crippen LogP contribution >= 0.6 is 0 Å². The number of allylic oxidation sites excluding steroid dienone is 4. The molecule has 2 aliphatic rings. The standard InChI is InChI=1S/C29H36N4O3/c1-18-23(7-4-8-27(18)36-2)24(11-13-30)29(35)33-22-10-9-20-12-14-32-26(25(20)17-22)16-19-5-3-6-21(15-19)28(31)34/h3-10,15,17-18,23-24,26,32H,11-14,16,30H2,1-2H3,(H2,31,34)(H,33,35). The van der Waals surface area contributed by atoms with E-state index in [1.165, 1.54) is 5.56 Å². The number of methoxy groups -OCH3 is 1. The quantitative estimate of drug-likeness (QED) is 0.431. The van der Waals surface area contributed by atoms with Crippen LogP contribution in [0.4, 0.5) is 5.69 Å². The summed E-state index contributed by atoms with van der Waals surface area (Å²) < 4.78 is 5.52. The van der Waals surface area contributed by atoms with Gasteiger partial charge in [0.1, 0.15) is 0 Å². The summed E-state index contributed by atoms with van der Waals surface area (Å²) in [6.07, 6.45) is 8.23. The van der Waals surface area contributed by atoms with E-state index in [9.17, 15) is 9.59 Å². The molecule has 4 atom stereocenters. The van der Waals surface area contributed by atoms with E-state index in [1.807, 2.05) is 36.4 Å². The first-order valence-corrected chi connectivity index (χ1v) is 12.6. The molecule has 0 saturated carbocycles. The molecule has 2 aromatic carbocycles. The molecule has 7 nitrogen and oxygen atoms in total. The number of carbonyl (C=O) groups is 2. The lowest BCUT2D eigenvalue weighted by Gasteiger charge is -2.32. The van der Waals surface area contributed by atoms with Crippen molar-refractivity contribution in [3.63, 3.8) is 0 Å². The molecule has 2 aromatic rings. The number of amides is 2. The largest absolute Gasteiger partial charge is 0.501 e. The molecule has 1 aliphatic carbocycles. The van der Waals surface area contributed by atoms with Crippen LogP contribution in [0.2, 0.25) is 0 Å². The summed E-state index contributed by atoms with van der Waals surface area (Å²) >= 11 is 0. The number of nitrogens with two attached hydrogens (primary N) is 2. The van der Waals surface area contributed by atoms with Crippen molar-refractivity contribution in [1.82, 2.24) is 5.32 Å². The molecule has 0 spiro atoms. The maximum absolute atomic E-state index is 13.5. The molecular formula is C29H36N4O3. The van der Waals surface area contributed by atoms with Crippen LogP contribution in [0.5, 0.6) is 0 Å². The Labute approximate surface area is 213 Å². The minimum Gasteiger partial charge on any atom is -0.501 e. The summed E-state index contributed by atoms with van der Waals surface area (Å²) in [4.78, 5) is 25.1. The van der Waals surface area contributed by atoms with Gasteiger partial charge < -0.3 is 26.8 Å². The topological polar surface area (TPSA) is 119 Å². The van der Waals surface area contributed by atoms with Gasteiger partial charge in [0, 0.05) is 29.1 Å². The van der Waals surface area contributed by atoms with E-state index in [4.69, 9.17) is 16.2 Å². The molecule has 1 heterocycles. The third-order valence-corrected chi connectivity index (χ3v) is 7.36. The molecule has 2 amide bonds. The highest BCUT2D eigenvalue weighted by Crippen LogP contribution is 2.35. The smallest absolute Gasteiger partial charge is 0.248 e. The van der Waals surface area contributed by atoms with Crippen molar-refractivity contribution >= 4 is 17.5 Å². The average Bonchev–Trinajstić information content (AvgIpc) is 2.88. The Morgan fingerprint density at radius 2 is 2.06 bits per heavy atom. The Hall–Kier alpha value is -3.42. The Morgan fingerprint density at radius 1 is 1.22 bits per heavy atom. The van der Waals surface area contributed by atoms with Gasteiger partial charge in [-0.15, -0.1) is 0 Å². The molecule has 0 bridgehead atoms. The van der Waals surface area contributed by atoms with Crippen molar-refractivity contribution < 1.29 is 14.3 Å². The molecule has 4 unspecified atom stereocenters. The molecule has 0 aromatic heterocycles. The van der Waals surface area contributed by atoms with Crippen molar-refractivity contribution in [1.29, 1.82) is 0 Å². The molecule has 6 N–H and O–H groups in total. The summed E-state index contributed by atoms with van der Waals surface area (Å²) in [7, 11) is 1.66. The van der Waals surface area contributed by atoms with Crippen LogP contribution < -0.4 is 22.1 Å². The highest BCUT2D eigenvalue weighted by molar-refractivity contribution is 5.93. The molecule has 1 aliphatic heterocycles. The van der Waals surface area contributed by atoms with E-state index in [0.29, 0.717) is 18.5 Å². The van der Waals surface area contributed by atoms with Gasteiger partial charge in [-0.1, -0.05) is 37.3 Å². The van der Waals surface area contributed by atoms with E-state index in [2.05, 4.69) is 35.8 Å². The van der Waals surface area contributed by atoms with Gasteiger partial charge >= 0.3 is 0 Å². The van der Waals surface area contributed by atoms with Gasteiger partial charge in [0.15, 0.2) is 0 Å². The zero-order valence-electron chi connectivity index (χ0n) is 21.0. The van der Waals surface area contributed by atoms with Crippen molar-refractivity contribution in [2.75, 3.05) is 25.5 Å². The summed E-state index contributed by atoms with van der Waals surface area (Å²) in [5, 5.41) is 6.75. The lowest BCUT2D eigenvalue weighted by Crippen LogP contribution is -2.35. The maximum Gasteiger partial charge on any atom is 0.248 e. The molecule has 36 heavy (non-hydrogen) atoms. The fourth-order valence-corrected chi connectivity index (χ4v) is 5.42. The molecule has 0 saturated heterocycles. The average molecular weight is 489 g/mol. The third kappa shape index (κ3) is 5.69. The number of fused-ring (bicyclic) bond motifs is 1. The number of benzene rings is 2. The SMILES string of the molecule is COC1=CC=CC(C(CCN)C(=O)Nc2ccc3c(c2)C(Cc2cccc(C(N)=O)c2)NCC3)C1C. The first kappa shape index (κ1) is 25.7. The molecule has 190 valence electrons. The predicted molar refractivity (Wildman–Crippen MR) is 142 cm³/mol. The van der Waals surface area contributed by atoms with Crippen molar-refractivity contribution in [2.24, 2.45) is 29.2 Å². The van der Waals surface area contributed by atoms with Crippen LogP contribution in [-0.2, 0) is 22.4 Å². The maximum atomic E-state index is 13.5. The molecule has 0 radical (unpaired) electrons. The number of hydrogen-bond acceptors (Lipinski definition) is 5. The predicted octanol–water partition coefficient (Wildman–Crippen LogP) is 3.47. The summed E-state index contributed by atoms with van der Waals surface area (Å²) in [6, 6.07) is 13.7. The van der Waals surface area contributed by atoms with Crippen LogP contribution in [0.15, 0.2) is 66.5 Å². The van der Waals surface area contributed by atoms with Gasteiger partial charge in [-0.05, 0) is 85.3 Å². The molecular weight excluding hydrogens is 452 g/mol. The second-order valence-electron chi connectivity index (χ2n) is 9.64. The van der Waals surface area contributed by atoms with Crippen LogP contribution in [-0.4, -0.2) is 32.0 Å². The number of hydrogen-bond donors (Lipinski definition) is 4. The van der Waals surface area contributed by atoms with Gasteiger partial charge in [-0.3, -0.25) is 9.59 Å². The van der Waals surface area contributed by atoms with Crippen LogP contribution in [0.25, 0.3) is 0 Å². The number of nitrogens with one attached hydrogen (secondary N) is 2. The van der Waals surface area contributed by atoms with Gasteiger partial charge in [0.2, 0.25) is 11.8 Å². The van der Waals surface area contributed by atoms with Gasteiger partial charge in [0.05, 0.1) is 12.9 Å². The fourth-order valence-electron chi connectivity index (χ4n) is 5.42. The molecule has 4 rings (SSSR count). The van der Waals surface area contributed by atoms with Crippen molar-refractivity contribution in [3.8, 4) is 0 Å². The second kappa shape index (κ2) is 11.5. The number of primary amides is 1. The van der Waals surface area contributed by atoms with E-state index < -0.39 is 5.91 Å². The summed E-state index contributed by atoms with van der Waals surface area (Å²) in [5.41, 5.74) is 16.1. The van der Waals surface area contributed by atoms with Crippen molar-refractivity contribution in [2.45, 2.75) is 32.2 Å². The number of rotatable bonds is 9. The zero-order chi connectivity index (χ0) is 25.7. The Bertz CT molecular complexity index is 1170. The minimum absolute atomic E-state index is 0.0121. The number of carbonyl (C=O) groups excluding carboxylic acids is 2. The van der Waals surface area contributed by atoms with E-state index in [0.717, 1.165) is 42.0 Å². The lowest BCUT2D eigenvalue weighted by molar-refractivity contribution is -0.121. The van der Waals surface area contributed by atoms with E-state index >= 15 is 0 Å². The number of anilines is 1. The Kier molecular flexibility index (Phi) is 8.23. The zero-order valence-corrected chi connectivity index (χ0v) is 21.0. The first-order chi connectivity index (χ1) is 17.4.